The zero-order valence-corrected chi connectivity index (χ0v) is 9.97. The molecule has 1 saturated heterocycles. The molecule has 3 rings (SSSR count). The zero-order chi connectivity index (χ0) is 12.5. The van der Waals surface area contributed by atoms with Crippen molar-refractivity contribution in [2.45, 2.75) is 12.8 Å². The summed E-state index contributed by atoms with van der Waals surface area (Å²) < 4.78 is 0. The topological polar surface area (TPSA) is 69.2 Å². The van der Waals surface area contributed by atoms with Crippen molar-refractivity contribution < 1.29 is 9.90 Å². The molecule has 0 saturated carbocycles. The van der Waals surface area contributed by atoms with E-state index >= 15 is 0 Å². The van der Waals surface area contributed by atoms with Crippen LogP contribution < -0.4 is 0 Å². The van der Waals surface area contributed by atoms with Crippen LogP contribution in [-0.4, -0.2) is 39.2 Å². The number of H-pyrrole nitrogens is 1. The number of carboxylic acid groups (broad SMARTS) is 1. The molecular formula is C13H15N3O2. The Bertz CT molecular complexity index is 578. The average molecular weight is 245 g/mol. The van der Waals surface area contributed by atoms with Gasteiger partial charge >= 0.3 is 6.09 Å². The standard InChI is InChI=1S/C13H15N3O2/c17-13(18)16-4-2-9(8-16)5-10-6-15-12-7-14-3-1-11(10)12/h1,3,6-7,9,15H,2,4-5,8H2,(H,17,18). The van der Waals surface area contributed by atoms with Gasteiger partial charge in [0, 0.05) is 30.9 Å². The van der Waals surface area contributed by atoms with Crippen molar-refractivity contribution in [3.05, 3.63) is 30.2 Å². The van der Waals surface area contributed by atoms with E-state index in [1.165, 1.54) is 15.8 Å². The molecule has 1 aliphatic rings. The number of hydrogen-bond donors (Lipinski definition) is 2. The fourth-order valence-corrected chi connectivity index (χ4v) is 2.69. The van der Waals surface area contributed by atoms with Crippen molar-refractivity contribution in [3.8, 4) is 0 Å². The third kappa shape index (κ3) is 1.92. The van der Waals surface area contributed by atoms with Crippen LogP contribution in [-0.2, 0) is 6.42 Å². The van der Waals surface area contributed by atoms with Crippen LogP contribution >= 0.6 is 0 Å². The fraction of sp³-hybridized carbons (Fsp3) is 0.385. The third-order valence-corrected chi connectivity index (χ3v) is 3.63. The molecule has 1 aliphatic heterocycles. The van der Waals surface area contributed by atoms with E-state index in [0.717, 1.165) is 18.4 Å². The average Bonchev–Trinajstić information content (AvgIpc) is 2.98. The lowest BCUT2D eigenvalue weighted by Gasteiger charge is -2.11. The smallest absolute Gasteiger partial charge is 0.407 e. The summed E-state index contributed by atoms with van der Waals surface area (Å²) in [5.74, 6) is 0.424. The highest BCUT2D eigenvalue weighted by atomic mass is 16.4. The van der Waals surface area contributed by atoms with Crippen molar-refractivity contribution in [1.82, 2.24) is 14.9 Å². The van der Waals surface area contributed by atoms with Crippen LogP contribution in [0.5, 0.6) is 0 Å². The number of nitrogens with zero attached hydrogens (tertiary/aromatic N) is 2. The Kier molecular flexibility index (Phi) is 2.66. The predicted octanol–water partition coefficient (Wildman–Crippen LogP) is 2.11. The SMILES string of the molecule is O=C(O)N1CCC(Cc2c[nH]c3cnccc23)C1. The van der Waals surface area contributed by atoms with Crippen LogP contribution in [0.2, 0.25) is 0 Å². The first kappa shape index (κ1) is 11.1. The second-order valence-electron chi connectivity index (χ2n) is 4.82. The Balaban J connectivity index is 1.76. The van der Waals surface area contributed by atoms with Gasteiger partial charge in [0.05, 0.1) is 11.7 Å². The number of nitrogens with one attached hydrogen (secondary N) is 1. The van der Waals surface area contributed by atoms with Gasteiger partial charge in [-0.2, -0.15) is 0 Å². The molecule has 5 heteroatoms. The minimum absolute atomic E-state index is 0.424. The van der Waals surface area contributed by atoms with E-state index in [4.69, 9.17) is 5.11 Å². The minimum atomic E-state index is -0.805. The van der Waals surface area contributed by atoms with Crippen LogP contribution in [0.1, 0.15) is 12.0 Å². The molecule has 0 aromatic carbocycles. The second-order valence-corrected chi connectivity index (χ2v) is 4.82. The summed E-state index contributed by atoms with van der Waals surface area (Å²) in [5.41, 5.74) is 2.30. The fourth-order valence-electron chi connectivity index (χ4n) is 2.69. The number of carbonyl (C=O) groups is 1. The molecule has 0 spiro atoms. The molecule has 0 bridgehead atoms. The molecule has 5 nitrogen and oxygen atoms in total. The van der Waals surface area contributed by atoms with Gasteiger partial charge < -0.3 is 15.0 Å². The number of aromatic amines is 1. The van der Waals surface area contributed by atoms with Crippen molar-refractivity contribution in [2.24, 2.45) is 5.92 Å². The Morgan fingerprint density at radius 1 is 1.61 bits per heavy atom. The lowest BCUT2D eigenvalue weighted by atomic mass is 9.99. The number of fused-ring (bicyclic) bond motifs is 1. The number of amides is 1. The van der Waals surface area contributed by atoms with E-state index in [1.54, 1.807) is 6.20 Å². The lowest BCUT2D eigenvalue weighted by Crippen LogP contribution is -2.26. The Hall–Kier alpha value is -2.04. The van der Waals surface area contributed by atoms with E-state index in [2.05, 4.69) is 9.97 Å². The maximum Gasteiger partial charge on any atom is 0.407 e. The molecule has 2 aromatic rings. The minimum Gasteiger partial charge on any atom is -0.465 e. The van der Waals surface area contributed by atoms with Crippen molar-refractivity contribution in [2.75, 3.05) is 13.1 Å². The second kappa shape index (κ2) is 4.33. The van der Waals surface area contributed by atoms with Crippen LogP contribution in [0.3, 0.4) is 0 Å². The Morgan fingerprint density at radius 3 is 3.28 bits per heavy atom. The molecule has 18 heavy (non-hydrogen) atoms. The van der Waals surface area contributed by atoms with Crippen LogP contribution in [0.15, 0.2) is 24.7 Å². The molecule has 3 heterocycles. The highest BCUT2D eigenvalue weighted by Crippen LogP contribution is 2.25. The van der Waals surface area contributed by atoms with Gasteiger partial charge in [-0.05, 0) is 30.4 Å². The largest absolute Gasteiger partial charge is 0.465 e. The van der Waals surface area contributed by atoms with E-state index in [0.29, 0.717) is 19.0 Å². The van der Waals surface area contributed by atoms with Crippen LogP contribution in [0.25, 0.3) is 10.9 Å². The van der Waals surface area contributed by atoms with Gasteiger partial charge in [-0.15, -0.1) is 0 Å². The first-order valence-electron chi connectivity index (χ1n) is 6.12. The monoisotopic (exact) mass is 245 g/mol. The molecule has 1 fully saturated rings. The van der Waals surface area contributed by atoms with Gasteiger partial charge in [0.25, 0.3) is 0 Å². The summed E-state index contributed by atoms with van der Waals surface area (Å²) in [7, 11) is 0. The first-order chi connectivity index (χ1) is 8.74. The molecule has 1 amide bonds. The molecule has 2 N–H and O–H groups in total. The normalized spacial score (nSPS) is 19.6. The summed E-state index contributed by atoms with van der Waals surface area (Å²) in [6.45, 7) is 1.30. The van der Waals surface area contributed by atoms with Gasteiger partial charge in [0.1, 0.15) is 0 Å². The quantitative estimate of drug-likeness (QED) is 0.851. The highest BCUT2D eigenvalue weighted by Gasteiger charge is 2.26. The van der Waals surface area contributed by atoms with E-state index in [9.17, 15) is 4.79 Å². The molecule has 2 aromatic heterocycles. The number of likely N-dealkylation sites (tertiary alicyclic amines) is 1. The van der Waals surface area contributed by atoms with E-state index in [-0.39, 0.29) is 0 Å². The van der Waals surface area contributed by atoms with E-state index < -0.39 is 6.09 Å². The highest BCUT2D eigenvalue weighted by molar-refractivity contribution is 5.82. The molecule has 1 atom stereocenters. The van der Waals surface area contributed by atoms with Gasteiger partial charge in [0.2, 0.25) is 0 Å². The molecule has 0 radical (unpaired) electrons. The Labute approximate surface area is 104 Å². The lowest BCUT2D eigenvalue weighted by molar-refractivity contribution is 0.154. The molecule has 94 valence electrons. The number of aromatic nitrogens is 2. The van der Waals surface area contributed by atoms with Crippen LogP contribution in [0.4, 0.5) is 4.79 Å². The number of rotatable bonds is 2. The van der Waals surface area contributed by atoms with Gasteiger partial charge in [-0.25, -0.2) is 4.79 Å². The third-order valence-electron chi connectivity index (χ3n) is 3.63. The summed E-state index contributed by atoms with van der Waals surface area (Å²) in [4.78, 5) is 19.7. The molecule has 1 unspecified atom stereocenters. The van der Waals surface area contributed by atoms with E-state index in [1.807, 2.05) is 18.5 Å². The van der Waals surface area contributed by atoms with Gasteiger partial charge in [-0.1, -0.05) is 0 Å². The van der Waals surface area contributed by atoms with Crippen molar-refractivity contribution >= 4 is 17.0 Å². The van der Waals surface area contributed by atoms with Gasteiger partial charge in [-0.3, -0.25) is 4.98 Å². The molecular weight excluding hydrogens is 230 g/mol. The maximum absolute atomic E-state index is 10.9. The first-order valence-corrected chi connectivity index (χ1v) is 6.12. The van der Waals surface area contributed by atoms with Crippen molar-refractivity contribution in [1.29, 1.82) is 0 Å². The van der Waals surface area contributed by atoms with Crippen molar-refractivity contribution in [3.63, 3.8) is 0 Å². The number of hydrogen-bond acceptors (Lipinski definition) is 2. The summed E-state index contributed by atoms with van der Waals surface area (Å²) in [6.07, 6.45) is 6.68. The molecule has 0 aliphatic carbocycles. The summed E-state index contributed by atoms with van der Waals surface area (Å²) in [6, 6.07) is 2.01. The maximum atomic E-state index is 10.9. The van der Waals surface area contributed by atoms with Crippen LogP contribution in [0, 0.1) is 5.92 Å². The predicted molar refractivity (Wildman–Crippen MR) is 67.5 cm³/mol. The van der Waals surface area contributed by atoms with Gasteiger partial charge in [0.15, 0.2) is 0 Å². The summed E-state index contributed by atoms with van der Waals surface area (Å²) in [5, 5.41) is 10.1. The Morgan fingerprint density at radius 2 is 2.50 bits per heavy atom. The number of pyridine rings is 1. The summed E-state index contributed by atoms with van der Waals surface area (Å²) >= 11 is 0. The zero-order valence-electron chi connectivity index (χ0n) is 9.97.